The summed E-state index contributed by atoms with van der Waals surface area (Å²) in [5.41, 5.74) is 0.927. The zero-order chi connectivity index (χ0) is 14.0. The van der Waals surface area contributed by atoms with Crippen molar-refractivity contribution < 1.29 is 9.90 Å². The standard InChI is InChI=1S/C13H17N3O3/c1-15(2)7-4-8-16-11-9(12(17)18)5-3-6-10(11)14-13(16)19/h3,5-6H,4,7-8H2,1-2H3,(H,14,19)(H,17,18). The maximum absolute atomic E-state index is 11.9. The molecule has 6 nitrogen and oxygen atoms in total. The highest BCUT2D eigenvalue weighted by Gasteiger charge is 2.14. The van der Waals surface area contributed by atoms with Gasteiger partial charge in [-0.2, -0.15) is 0 Å². The minimum atomic E-state index is -1.02. The van der Waals surface area contributed by atoms with E-state index in [1.54, 1.807) is 12.1 Å². The van der Waals surface area contributed by atoms with E-state index in [1.165, 1.54) is 10.6 Å². The Balaban J connectivity index is 2.44. The molecule has 19 heavy (non-hydrogen) atoms. The molecule has 0 saturated carbocycles. The molecule has 1 aromatic heterocycles. The normalized spacial score (nSPS) is 11.3. The first kappa shape index (κ1) is 13.4. The molecule has 1 heterocycles. The molecule has 1 aromatic carbocycles. The Kier molecular flexibility index (Phi) is 3.71. The fourth-order valence-electron chi connectivity index (χ4n) is 2.15. The molecule has 0 aliphatic rings. The van der Waals surface area contributed by atoms with Crippen LogP contribution in [0.3, 0.4) is 0 Å². The largest absolute Gasteiger partial charge is 0.478 e. The predicted molar refractivity (Wildman–Crippen MR) is 72.7 cm³/mol. The van der Waals surface area contributed by atoms with Gasteiger partial charge in [-0.3, -0.25) is 4.57 Å². The lowest BCUT2D eigenvalue weighted by Crippen LogP contribution is -2.21. The molecule has 0 aliphatic heterocycles. The average molecular weight is 263 g/mol. The SMILES string of the molecule is CN(C)CCCn1c(=O)[nH]c2cccc(C(=O)O)c21. The minimum absolute atomic E-state index is 0.153. The van der Waals surface area contributed by atoms with Crippen LogP contribution in [0.5, 0.6) is 0 Å². The van der Waals surface area contributed by atoms with Crippen LogP contribution >= 0.6 is 0 Å². The van der Waals surface area contributed by atoms with Crippen molar-refractivity contribution >= 4 is 17.0 Å². The van der Waals surface area contributed by atoms with Crippen LogP contribution in [-0.2, 0) is 6.54 Å². The highest BCUT2D eigenvalue weighted by molar-refractivity contribution is 6.01. The molecule has 2 N–H and O–H groups in total. The third kappa shape index (κ3) is 2.68. The minimum Gasteiger partial charge on any atom is -0.478 e. The number of nitrogens with zero attached hydrogens (tertiary/aromatic N) is 2. The van der Waals surface area contributed by atoms with Crippen molar-refractivity contribution in [3.05, 3.63) is 34.2 Å². The molecule has 6 heteroatoms. The van der Waals surface area contributed by atoms with Gasteiger partial charge in [-0.15, -0.1) is 0 Å². The second kappa shape index (κ2) is 5.27. The van der Waals surface area contributed by atoms with Crippen molar-refractivity contribution in [1.82, 2.24) is 14.5 Å². The lowest BCUT2D eigenvalue weighted by molar-refractivity contribution is 0.0698. The second-order valence-corrected chi connectivity index (χ2v) is 4.75. The van der Waals surface area contributed by atoms with Gasteiger partial charge >= 0.3 is 11.7 Å². The van der Waals surface area contributed by atoms with Crippen molar-refractivity contribution in [2.75, 3.05) is 20.6 Å². The van der Waals surface area contributed by atoms with Crippen LogP contribution < -0.4 is 5.69 Å². The van der Waals surface area contributed by atoms with Gasteiger partial charge in [-0.05, 0) is 39.2 Å². The van der Waals surface area contributed by atoms with E-state index in [0.717, 1.165) is 13.0 Å². The number of hydrogen-bond donors (Lipinski definition) is 2. The number of aryl methyl sites for hydroxylation is 1. The van der Waals surface area contributed by atoms with Crippen molar-refractivity contribution in [3.8, 4) is 0 Å². The monoisotopic (exact) mass is 263 g/mol. The topological polar surface area (TPSA) is 78.3 Å². The number of para-hydroxylation sites is 1. The predicted octanol–water partition coefficient (Wildman–Crippen LogP) is 0.980. The molecule has 0 spiro atoms. The van der Waals surface area contributed by atoms with Crippen LogP contribution in [-0.4, -0.2) is 46.2 Å². The molecule has 102 valence electrons. The van der Waals surface area contributed by atoms with Crippen LogP contribution in [0.25, 0.3) is 11.0 Å². The lowest BCUT2D eigenvalue weighted by atomic mass is 10.2. The molecular formula is C13H17N3O3. The molecule has 0 fully saturated rings. The van der Waals surface area contributed by atoms with Gasteiger partial charge in [-0.25, -0.2) is 9.59 Å². The van der Waals surface area contributed by atoms with Gasteiger partial charge in [0.2, 0.25) is 0 Å². The maximum atomic E-state index is 11.9. The lowest BCUT2D eigenvalue weighted by Gasteiger charge is -2.10. The summed E-state index contributed by atoms with van der Waals surface area (Å²) in [6, 6.07) is 4.86. The summed E-state index contributed by atoms with van der Waals surface area (Å²) >= 11 is 0. The number of nitrogens with one attached hydrogen (secondary N) is 1. The van der Waals surface area contributed by atoms with Gasteiger partial charge in [0.15, 0.2) is 0 Å². The van der Waals surface area contributed by atoms with Gasteiger partial charge in [0, 0.05) is 6.54 Å². The molecule has 0 unspecified atom stereocenters. The smallest absolute Gasteiger partial charge is 0.337 e. The number of hydrogen-bond acceptors (Lipinski definition) is 3. The first-order valence-electron chi connectivity index (χ1n) is 6.10. The number of H-pyrrole nitrogens is 1. The third-order valence-corrected chi connectivity index (χ3v) is 3.01. The fraction of sp³-hybridized carbons (Fsp3) is 0.385. The van der Waals surface area contributed by atoms with E-state index in [9.17, 15) is 14.7 Å². The molecule has 0 saturated heterocycles. The molecule has 2 aromatic rings. The number of carbonyl (C=O) groups is 1. The highest BCUT2D eigenvalue weighted by Crippen LogP contribution is 2.16. The molecule has 0 atom stereocenters. The Hall–Kier alpha value is -2.08. The summed E-state index contributed by atoms with van der Waals surface area (Å²) in [6.45, 7) is 1.34. The van der Waals surface area contributed by atoms with Crippen molar-refractivity contribution in [1.29, 1.82) is 0 Å². The summed E-state index contributed by atoms with van der Waals surface area (Å²) < 4.78 is 1.50. The van der Waals surface area contributed by atoms with Gasteiger partial charge in [0.05, 0.1) is 16.6 Å². The Morgan fingerprint density at radius 3 is 2.79 bits per heavy atom. The van der Waals surface area contributed by atoms with E-state index < -0.39 is 5.97 Å². The summed E-state index contributed by atoms with van der Waals surface area (Å²) in [6.07, 6.45) is 0.786. The van der Waals surface area contributed by atoms with Gasteiger partial charge in [0.25, 0.3) is 0 Å². The van der Waals surface area contributed by atoms with Crippen LogP contribution in [0.2, 0.25) is 0 Å². The zero-order valence-corrected chi connectivity index (χ0v) is 11.0. The molecule has 0 bridgehead atoms. The summed E-state index contributed by atoms with van der Waals surface area (Å²) in [5.74, 6) is -1.02. The number of aromatic carboxylic acids is 1. The molecule has 0 aliphatic carbocycles. The van der Waals surface area contributed by atoms with E-state index >= 15 is 0 Å². The maximum Gasteiger partial charge on any atom is 0.337 e. The Labute approximate surface area is 110 Å². The molecule has 0 amide bonds. The van der Waals surface area contributed by atoms with E-state index in [0.29, 0.717) is 17.6 Å². The zero-order valence-electron chi connectivity index (χ0n) is 11.0. The number of rotatable bonds is 5. The Bertz CT molecular complexity index is 655. The number of aromatic nitrogens is 2. The number of aromatic amines is 1. The van der Waals surface area contributed by atoms with E-state index in [1.807, 2.05) is 19.0 Å². The van der Waals surface area contributed by atoms with Crippen molar-refractivity contribution in [3.63, 3.8) is 0 Å². The Morgan fingerprint density at radius 2 is 2.16 bits per heavy atom. The van der Waals surface area contributed by atoms with Crippen molar-refractivity contribution in [2.45, 2.75) is 13.0 Å². The van der Waals surface area contributed by atoms with E-state index in [-0.39, 0.29) is 11.3 Å². The third-order valence-electron chi connectivity index (χ3n) is 3.01. The van der Waals surface area contributed by atoms with Crippen molar-refractivity contribution in [2.24, 2.45) is 0 Å². The van der Waals surface area contributed by atoms with Gasteiger partial charge in [0.1, 0.15) is 0 Å². The number of benzene rings is 1. The number of carboxylic acids is 1. The average Bonchev–Trinajstić information content (AvgIpc) is 2.65. The van der Waals surface area contributed by atoms with Crippen LogP contribution in [0, 0.1) is 0 Å². The fourth-order valence-corrected chi connectivity index (χ4v) is 2.15. The number of carboxylic acid groups (broad SMARTS) is 1. The summed E-state index contributed by atoms with van der Waals surface area (Å²) in [4.78, 5) is 27.8. The quantitative estimate of drug-likeness (QED) is 0.843. The molecule has 0 radical (unpaired) electrons. The van der Waals surface area contributed by atoms with E-state index in [4.69, 9.17) is 0 Å². The first-order valence-corrected chi connectivity index (χ1v) is 6.10. The second-order valence-electron chi connectivity index (χ2n) is 4.75. The molecular weight excluding hydrogens is 246 g/mol. The number of fused-ring (bicyclic) bond motifs is 1. The molecule has 2 rings (SSSR count). The number of imidazole rings is 1. The Morgan fingerprint density at radius 1 is 1.42 bits per heavy atom. The van der Waals surface area contributed by atoms with Crippen LogP contribution in [0.15, 0.2) is 23.0 Å². The van der Waals surface area contributed by atoms with Crippen LogP contribution in [0.1, 0.15) is 16.8 Å². The summed E-state index contributed by atoms with van der Waals surface area (Å²) in [5, 5.41) is 9.19. The summed E-state index contributed by atoms with van der Waals surface area (Å²) in [7, 11) is 3.92. The van der Waals surface area contributed by atoms with Gasteiger partial charge < -0.3 is 15.0 Å². The van der Waals surface area contributed by atoms with Crippen LogP contribution in [0.4, 0.5) is 0 Å². The first-order chi connectivity index (χ1) is 9.00. The highest BCUT2D eigenvalue weighted by atomic mass is 16.4. The van der Waals surface area contributed by atoms with E-state index in [2.05, 4.69) is 4.98 Å². The van der Waals surface area contributed by atoms with Gasteiger partial charge in [-0.1, -0.05) is 6.07 Å².